The summed E-state index contributed by atoms with van der Waals surface area (Å²) in [5.41, 5.74) is 0. The minimum Gasteiger partial charge on any atom is -0.462 e. The lowest BCUT2D eigenvalue weighted by molar-refractivity contribution is -0.870. The Labute approximate surface area is 545 Å². The highest BCUT2D eigenvalue weighted by Gasteiger charge is 2.27. The molecule has 0 bridgehead atoms. The van der Waals surface area contributed by atoms with E-state index in [1.54, 1.807) is 0 Å². The molecule has 0 fully saturated rings. The molecule has 0 spiro atoms. The van der Waals surface area contributed by atoms with Crippen molar-refractivity contribution in [1.82, 2.24) is 0 Å². The normalized spacial score (nSPS) is 13.6. The number of likely N-dealkylation sites (N-methyl/N-ethyl adjacent to an activating group) is 1. The van der Waals surface area contributed by atoms with Gasteiger partial charge in [0.2, 0.25) is 0 Å². The van der Waals surface area contributed by atoms with Gasteiger partial charge in [-0.05, 0) is 89.9 Å². The van der Waals surface area contributed by atoms with E-state index in [1.165, 1.54) is 231 Å². The van der Waals surface area contributed by atoms with Crippen molar-refractivity contribution in [3.63, 3.8) is 0 Å². The summed E-state index contributed by atoms with van der Waals surface area (Å²) in [7, 11) is 1.48. The van der Waals surface area contributed by atoms with Crippen LogP contribution in [0.5, 0.6) is 0 Å². The van der Waals surface area contributed by atoms with Gasteiger partial charge in [0, 0.05) is 12.8 Å². The maximum atomic E-state index is 12.9. The molecule has 2 atom stereocenters. The zero-order chi connectivity index (χ0) is 64.1. The summed E-state index contributed by atoms with van der Waals surface area (Å²) in [5, 5.41) is 0. The van der Waals surface area contributed by atoms with E-state index in [4.69, 9.17) is 18.5 Å². The zero-order valence-corrected chi connectivity index (χ0v) is 59.4. The Kier molecular flexibility index (Phi) is 66.4. The Morgan fingerprint density at radius 2 is 0.648 bits per heavy atom. The number of nitrogens with zero attached hydrogens (tertiary/aromatic N) is 1. The van der Waals surface area contributed by atoms with E-state index in [2.05, 4.69) is 98.9 Å². The highest BCUT2D eigenvalue weighted by Crippen LogP contribution is 2.43. The second kappa shape index (κ2) is 68.6. The zero-order valence-electron chi connectivity index (χ0n) is 58.5. The van der Waals surface area contributed by atoms with Gasteiger partial charge in [-0.2, -0.15) is 0 Å². The predicted octanol–water partition coefficient (Wildman–Crippen LogP) is 24.5. The van der Waals surface area contributed by atoms with E-state index in [9.17, 15) is 19.0 Å². The Bertz CT molecular complexity index is 1760. The van der Waals surface area contributed by atoms with E-state index >= 15 is 0 Å². The number of ether oxygens (including phenoxy) is 2. The molecule has 0 aliphatic carbocycles. The number of unbranched alkanes of at least 4 members (excludes halogenated alkanes) is 41. The second-order valence-corrected chi connectivity index (χ2v) is 27.8. The Morgan fingerprint density at radius 3 is 0.966 bits per heavy atom. The molecule has 2 unspecified atom stereocenters. The van der Waals surface area contributed by atoms with E-state index in [0.717, 1.165) is 83.5 Å². The maximum Gasteiger partial charge on any atom is 0.472 e. The van der Waals surface area contributed by atoms with Gasteiger partial charge >= 0.3 is 19.8 Å². The number of esters is 2. The molecule has 9 nitrogen and oxygen atoms in total. The van der Waals surface area contributed by atoms with Crippen LogP contribution in [-0.2, 0) is 32.7 Å². The fourth-order valence-corrected chi connectivity index (χ4v) is 11.5. The highest BCUT2D eigenvalue weighted by molar-refractivity contribution is 7.47. The van der Waals surface area contributed by atoms with Crippen LogP contribution >= 0.6 is 7.82 Å². The Morgan fingerprint density at radius 1 is 0.364 bits per heavy atom. The monoisotopic (exact) mass is 1250 g/mol. The van der Waals surface area contributed by atoms with Gasteiger partial charge < -0.3 is 18.9 Å². The van der Waals surface area contributed by atoms with Gasteiger partial charge in [0.1, 0.15) is 19.8 Å². The van der Waals surface area contributed by atoms with Crippen LogP contribution in [-0.4, -0.2) is 74.9 Å². The van der Waals surface area contributed by atoms with E-state index in [0.29, 0.717) is 17.4 Å². The summed E-state index contributed by atoms with van der Waals surface area (Å²) >= 11 is 0. The first kappa shape index (κ1) is 85.2. The topological polar surface area (TPSA) is 108 Å². The lowest BCUT2D eigenvalue weighted by Gasteiger charge is -2.24. The molecule has 0 aromatic rings. The SMILES string of the molecule is CC/C=C\C/C=C\C/C=C\C/C=C\C/C=C\CCCCCCCCCCCC(=O)OC(COC(=O)CCCCCCCCCCCCCCCCCCCCCCCCCCCCC/C=C\C/C=C\CCCCCCC)COP(=O)(O)OCC[N+](C)(C)C. The van der Waals surface area contributed by atoms with Gasteiger partial charge in [-0.15, -0.1) is 0 Å². The third kappa shape index (κ3) is 72.3. The number of hydrogen-bond acceptors (Lipinski definition) is 7. The number of phosphoric acid groups is 1. The third-order valence-electron chi connectivity index (χ3n) is 16.4. The summed E-state index contributed by atoms with van der Waals surface area (Å²) in [6.07, 6.45) is 94.3. The number of carbonyl (C=O) groups is 2. The van der Waals surface area contributed by atoms with Gasteiger partial charge in [-0.1, -0.05) is 330 Å². The number of allylic oxidation sites excluding steroid dienone is 14. The summed E-state index contributed by atoms with van der Waals surface area (Å²) < 4.78 is 34.7. The number of hydrogen-bond donors (Lipinski definition) is 1. The van der Waals surface area contributed by atoms with Crippen molar-refractivity contribution >= 4 is 19.8 Å². The standard InChI is InChI=1S/C78H142NO8P/c1-6-8-10-12-14-16-18-20-22-24-26-28-30-32-33-34-35-36-37-38-39-40-41-42-43-44-45-47-48-50-52-54-56-58-60-62-64-66-68-70-77(80)84-74-76(75-86-88(82,83)85-73-72-79(3,4)5)87-78(81)71-69-67-65-63-61-59-57-55-53-51-49-46-31-29-27-25-23-21-19-17-15-13-11-9-7-2/h9,11,15,17-18,20-21,23-24,26-27,29,46,49,76H,6-8,10,12-14,16,19,22,25,28,30-45,47-48,50-75H2,1-5H3/p+1/b11-9-,17-15-,20-18-,23-21-,26-24-,29-27-,49-46-. The first-order valence-electron chi connectivity index (χ1n) is 37.3. The van der Waals surface area contributed by atoms with Gasteiger partial charge in [-0.3, -0.25) is 18.6 Å². The van der Waals surface area contributed by atoms with Crippen LogP contribution in [0.25, 0.3) is 0 Å². The minimum atomic E-state index is -4.40. The molecule has 0 rings (SSSR count). The van der Waals surface area contributed by atoms with Crippen LogP contribution in [0.3, 0.4) is 0 Å². The fourth-order valence-electron chi connectivity index (χ4n) is 10.7. The van der Waals surface area contributed by atoms with Crippen molar-refractivity contribution in [2.45, 2.75) is 354 Å². The molecule has 88 heavy (non-hydrogen) atoms. The molecule has 10 heteroatoms. The molecule has 0 saturated heterocycles. The van der Waals surface area contributed by atoms with E-state index in [1.807, 2.05) is 21.1 Å². The molecule has 0 aromatic heterocycles. The molecular formula is C78H143NO8P+. The molecule has 0 radical (unpaired) electrons. The molecule has 512 valence electrons. The lowest BCUT2D eigenvalue weighted by atomic mass is 10.0. The summed E-state index contributed by atoms with van der Waals surface area (Å²) in [4.78, 5) is 35.9. The molecule has 0 heterocycles. The molecule has 0 aliphatic heterocycles. The van der Waals surface area contributed by atoms with Crippen molar-refractivity contribution in [3.05, 3.63) is 85.1 Å². The second-order valence-electron chi connectivity index (χ2n) is 26.3. The third-order valence-corrected chi connectivity index (χ3v) is 17.4. The van der Waals surface area contributed by atoms with E-state index in [-0.39, 0.29) is 32.0 Å². The van der Waals surface area contributed by atoms with Crippen molar-refractivity contribution in [1.29, 1.82) is 0 Å². The number of carbonyl (C=O) groups excluding carboxylic acids is 2. The summed E-state index contributed by atoms with van der Waals surface area (Å²) in [6.45, 7) is 4.34. The van der Waals surface area contributed by atoms with Crippen molar-refractivity contribution in [2.75, 3.05) is 47.5 Å². The molecule has 0 aliphatic rings. The quantitative estimate of drug-likeness (QED) is 0.0211. The minimum absolute atomic E-state index is 0.0289. The first-order chi connectivity index (χ1) is 43.0. The van der Waals surface area contributed by atoms with Crippen LogP contribution < -0.4 is 0 Å². The smallest absolute Gasteiger partial charge is 0.462 e. The summed E-state index contributed by atoms with van der Waals surface area (Å²) in [5.74, 6) is -0.793. The molecule has 0 saturated carbocycles. The number of rotatable bonds is 69. The summed E-state index contributed by atoms with van der Waals surface area (Å²) in [6, 6.07) is 0. The molecular weight excluding hydrogens is 1110 g/mol. The van der Waals surface area contributed by atoms with Crippen LogP contribution in [0, 0.1) is 0 Å². The average molecular weight is 1250 g/mol. The fraction of sp³-hybridized carbons (Fsp3) is 0.795. The first-order valence-corrected chi connectivity index (χ1v) is 38.8. The maximum absolute atomic E-state index is 12.9. The number of quaternary nitrogens is 1. The van der Waals surface area contributed by atoms with Gasteiger partial charge in [0.05, 0.1) is 27.7 Å². The van der Waals surface area contributed by atoms with Crippen LogP contribution in [0.4, 0.5) is 0 Å². The lowest BCUT2D eigenvalue weighted by Crippen LogP contribution is -2.37. The van der Waals surface area contributed by atoms with Crippen molar-refractivity contribution in [3.8, 4) is 0 Å². The van der Waals surface area contributed by atoms with Crippen molar-refractivity contribution < 1.29 is 42.1 Å². The van der Waals surface area contributed by atoms with Crippen LogP contribution in [0.1, 0.15) is 348 Å². The Balaban J connectivity index is 3.94. The van der Waals surface area contributed by atoms with E-state index < -0.39 is 26.5 Å². The predicted molar refractivity (Wildman–Crippen MR) is 381 cm³/mol. The van der Waals surface area contributed by atoms with Crippen molar-refractivity contribution in [2.24, 2.45) is 0 Å². The molecule has 0 aromatic carbocycles. The largest absolute Gasteiger partial charge is 0.472 e. The molecule has 1 N–H and O–H groups in total. The van der Waals surface area contributed by atoms with Gasteiger partial charge in [-0.25, -0.2) is 4.57 Å². The number of phosphoric ester groups is 1. The molecule has 0 amide bonds. The van der Waals surface area contributed by atoms with Crippen LogP contribution in [0.15, 0.2) is 85.1 Å². The van der Waals surface area contributed by atoms with Gasteiger partial charge in [0.25, 0.3) is 0 Å². The van der Waals surface area contributed by atoms with Gasteiger partial charge in [0.15, 0.2) is 6.10 Å². The highest BCUT2D eigenvalue weighted by atomic mass is 31.2. The average Bonchev–Trinajstić information content (AvgIpc) is 3.57. The Hall–Kier alpha value is -2.81. The van der Waals surface area contributed by atoms with Crippen LogP contribution in [0.2, 0.25) is 0 Å².